The molecule has 0 spiro atoms. The summed E-state index contributed by atoms with van der Waals surface area (Å²) < 4.78 is 0. The maximum Gasteiger partial charge on any atom is 0.105 e. The van der Waals surface area contributed by atoms with Crippen molar-refractivity contribution in [3.05, 3.63) is 35.0 Å². The van der Waals surface area contributed by atoms with Crippen LogP contribution in [0.2, 0.25) is 0 Å². The number of aliphatic hydroxyl groups is 2. The Morgan fingerprint density at radius 3 is 2.80 bits per heavy atom. The molecule has 1 aromatic heterocycles. The standard InChI is InChI=1S/C16H22N2O2/c17-8-7-15(19)16(20)10-5-6-14-12(9-10)11-3-1-2-4-13(11)18-14/h5-6,9,15-16,18-20H,1-4,7-8,17H2. The highest BCUT2D eigenvalue weighted by Crippen LogP contribution is 2.31. The van der Waals surface area contributed by atoms with Crippen LogP contribution in [0.5, 0.6) is 0 Å². The van der Waals surface area contributed by atoms with E-state index in [4.69, 9.17) is 5.73 Å². The molecule has 0 fully saturated rings. The second kappa shape index (κ2) is 5.56. The van der Waals surface area contributed by atoms with Crippen LogP contribution in [0.3, 0.4) is 0 Å². The molecule has 3 rings (SSSR count). The van der Waals surface area contributed by atoms with Crippen molar-refractivity contribution >= 4 is 10.9 Å². The van der Waals surface area contributed by atoms with Gasteiger partial charge in [-0.3, -0.25) is 0 Å². The number of hydrogen-bond acceptors (Lipinski definition) is 3. The fraction of sp³-hybridized carbons (Fsp3) is 0.500. The number of aliphatic hydroxyl groups excluding tert-OH is 2. The van der Waals surface area contributed by atoms with E-state index in [2.05, 4.69) is 4.98 Å². The fourth-order valence-corrected chi connectivity index (χ4v) is 3.16. The Balaban J connectivity index is 1.97. The highest BCUT2D eigenvalue weighted by atomic mass is 16.3. The van der Waals surface area contributed by atoms with Crippen molar-refractivity contribution in [2.24, 2.45) is 5.73 Å². The molecule has 1 aromatic carbocycles. The third kappa shape index (κ3) is 2.35. The first-order valence-electron chi connectivity index (χ1n) is 7.40. The van der Waals surface area contributed by atoms with Gasteiger partial charge in [0.05, 0.1) is 6.10 Å². The van der Waals surface area contributed by atoms with Crippen LogP contribution in [0, 0.1) is 0 Å². The Kier molecular flexibility index (Phi) is 3.78. The van der Waals surface area contributed by atoms with E-state index >= 15 is 0 Å². The maximum absolute atomic E-state index is 10.2. The molecule has 2 unspecified atom stereocenters. The molecule has 20 heavy (non-hydrogen) atoms. The Morgan fingerprint density at radius 2 is 2.00 bits per heavy atom. The van der Waals surface area contributed by atoms with Gasteiger partial charge < -0.3 is 20.9 Å². The highest BCUT2D eigenvalue weighted by molar-refractivity contribution is 5.85. The summed E-state index contributed by atoms with van der Waals surface area (Å²) in [5.41, 5.74) is 10.0. The molecule has 5 N–H and O–H groups in total. The van der Waals surface area contributed by atoms with Crippen molar-refractivity contribution in [3.8, 4) is 0 Å². The second-order valence-corrected chi connectivity index (χ2v) is 5.68. The van der Waals surface area contributed by atoms with Crippen LogP contribution in [0.1, 0.15) is 42.2 Å². The van der Waals surface area contributed by atoms with Gasteiger partial charge in [-0.05, 0) is 61.9 Å². The number of aryl methyl sites for hydroxylation is 2. The summed E-state index contributed by atoms with van der Waals surface area (Å²) in [5.74, 6) is 0. The average molecular weight is 274 g/mol. The summed E-state index contributed by atoms with van der Waals surface area (Å²) in [6.07, 6.45) is 3.42. The van der Waals surface area contributed by atoms with Crippen molar-refractivity contribution in [1.29, 1.82) is 0 Å². The predicted octanol–water partition coefficient (Wildman–Crippen LogP) is 1.79. The normalized spacial score (nSPS) is 17.9. The van der Waals surface area contributed by atoms with Crippen LogP contribution >= 0.6 is 0 Å². The summed E-state index contributed by atoms with van der Waals surface area (Å²) >= 11 is 0. The van der Waals surface area contributed by atoms with E-state index in [0.717, 1.165) is 23.9 Å². The minimum Gasteiger partial charge on any atom is -0.390 e. The van der Waals surface area contributed by atoms with Crippen LogP contribution in [-0.4, -0.2) is 27.8 Å². The first-order chi connectivity index (χ1) is 9.70. The smallest absolute Gasteiger partial charge is 0.105 e. The number of nitrogens with one attached hydrogen (secondary N) is 1. The molecule has 1 heterocycles. The zero-order valence-electron chi connectivity index (χ0n) is 11.6. The number of fused-ring (bicyclic) bond motifs is 3. The van der Waals surface area contributed by atoms with Gasteiger partial charge in [0.2, 0.25) is 0 Å². The van der Waals surface area contributed by atoms with Crippen molar-refractivity contribution in [1.82, 2.24) is 4.98 Å². The lowest BCUT2D eigenvalue weighted by Gasteiger charge is -2.18. The number of benzene rings is 1. The molecule has 1 aliphatic rings. The van der Waals surface area contributed by atoms with Gasteiger partial charge in [0.15, 0.2) is 0 Å². The van der Waals surface area contributed by atoms with E-state index < -0.39 is 12.2 Å². The van der Waals surface area contributed by atoms with Gasteiger partial charge in [0.1, 0.15) is 6.10 Å². The molecule has 0 bridgehead atoms. The number of nitrogens with two attached hydrogens (primary N) is 1. The van der Waals surface area contributed by atoms with Gasteiger partial charge in [0, 0.05) is 16.6 Å². The molecule has 1 aliphatic carbocycles. The Bertz CT molecular complexity index is 606. The molecule has 0 saturated carbocycles. The van der Waals surface area contributed by atoms with Gasteiger partial charge in [0.25, 0.3) is 0 Å². The topological polar surface area (TPSA) is 82.3 Å². The number of aromatic nitrogens is 1. The van der Waals surface area contributed by atoms with Crippen LogP contribution in [0.25, 0.3) is 10.9 Å². The van der Waals surface area contributed by atoms with E-state index in [0.29, 0.717) is 13.0 Å². The lowest BCUT2D eigenvalue weighted by Crippen LogP contribution is -2.21. The highest BCUT2D eigenvalue weighted by Gasteiger charge is 2.20. The SMILES string of the molecule is NCCC(O)C(O)c1ccc2[nH]c3c(c2c1)CCCC3. The largest absolute Gasteiger partial charge is 0.390 e. The van der Waals surface area contributed by atoms with Gasteiger partial charge in [-0.2, -0.15) is 0 Å². The third-order valence-electron chi connectivity index (χ3n) is 4.29. The van der Waals surface area contributed by atoms with E-state index in [1.54, 1.807) is 0 Å². The Labute approximate surface area is 118 Å². The first kappa shape index (κ1) is 13.6. The number of rotatable bonds is 4. The quantitative estimate of drug-likeness (QED) is 0.686. The van der Waals surface area contributed by atoms with E-state index in [1.165, 1.54) is 29.5 Å². The van der Waals surface area contributed by atoms with E-state index in [9.17, 15) is 10.2 Å². The molecule has 0 saturated heterocycles. The van der Waals surface area contributed by atoms with Crippen molar-refractivity contribution in [2.45, 2.75) is 44.3 Å². The summed E-state index contributed by atoms with van der Waals surface area (Å²) in [5, 5.41) is 21.3. The lowest BCUT2D eigenvalue weighted by molar-refractivity contribution is 0.0151. The van der Waals surface area contributed by atoms with Crippen LogP contribution in [0.4, 0.5) is 0 Å². The number of aromatic amines is 1. The average Bonchev–Trinajstić information content (AvgIpc) is 2.84. The first-order valence-corrected chi connectivity index (χ1v) is 7.40. The molecular formula is C16H22N2O2. The van der Waals surface area contributed by atoms with Crippen LogP contribution < -0.4 is 5.73 Å². The van der Waals surface area contributed by atoms with Gasteiger partial charge in [-0.15, -0.1) is 0 Å². The van der Waals surface area contributed by atoms with Crippen LogP contribution in [0.15, 0.2) is 18.2 Å². The summed E-state index contributed by atoms with van der Waals surface area (Å²) in [4.78, 5) is 3.47. The summed E-state index contributed by atoms with van der Waals surface area (Å²) in [6, 6.07) is 5.90. The second-order valence-electron chi connectivity index (χ2n) is 5.68. The number of H-pyrrole nitrogens is 1. The molecule has 4 nitrogen and oxygen atoms in total. The van der Waals surface area contributed by atoms with Crippen LogP contribution in [-0.2, 0) is 12.8 Å². The minimum atomic E-state index is -0.864. The number of hydrogen-bond donors (Lipinski definition) is 4. The zero-order valence-corrected chi connectivity index (χ0v) is 11.6. The monoisotopic (exact) mass is 274 g/mol. The Morgan fingerprint density at radius 1 is 1.20 bits per heavy atom. The third-order valence-corrected chi connectivity index (χ3v) is 4.29. The molecule has 4 heteroatoms. The zero-order chi connectivity index (χ0) is 14.1. The van der Waals surface area contributed by atoms with Crippen molar-refractivity contribution < 1.29 is 10.2 Å². The maximum atomic E-state index is 10.2. The van der Waals surface area contributed by atoms with Gasteiger partial charge in [-0.25, -0.2) is 0 Å². The molecule has 0 amide bonds. The lowest BCUT2D eigenvalue weighted by atomic mass is 9.94. The minimum absolute atomic E-state index is 0.375. The molecular weight excluding hydrogens is 252 g/mol. The molecule has 2 atom stereocenters. The van der Waals surface area contributed by atoms with E-state index in [-0.39, 0.29) is 0 Å². The van der Waals surface area contributed by atoms with E-state index in [1.807, 2.05) is 18.2 Å². The van der Waals surface area contributed by atoms with Crippen molar-refractivity contribution in [3.63, 3.8) is 0 Å². The van der Waals surface area contributed by atoms with Gasteiger partial charge in [-0.1, -0.05) is 6.07 Å². The summed E-state index contributed by atoms with van der Waals surface area (Å²) in [6.45, 7) is 0.375. The molecule has 108 valence electrons. The fourth-order valence-electron chi connectivity index (χ4n) is 3.16. The van der Waals surface area contributed by atoms with Gasteiger partial charge >= 0.3 is 0 Å². The Hall–Kier alpha value is -1.36. The summed E-state index contributed by atoms with van der Waals surface area (Å²) in [7, 11) is 0. The predicted molar refractivity (Wildman–Crippen MR) is 79.6 cm³/mol. The molecule has 0 aliphatic heterocycles. The molecule has 2 aromatic rings. The molecule has 0 radical (unpaired) electrons. The van der Waals surface area contributed by atoms with Crippen molar-refractivity contribution in [2.75, 3.05) is 6.54 Å².